The topological polar surface area (TPSA) is 69.6 Å². The summed E-state index contributed by atoms with van der Waals surface area (Å²) in [6, 6.07) is 4.98. The fourth-order valence-electron chi connectivity index (χ4n) is 3.05. The van der Waals surface area contributed by atoms with Crippen molar-refractivity contribution in [1.29, 1.82) is 0 Å². The van der Waals surface area contributed by atoms with Gasteiger partial charge in [0.1, 0.15) is 11.4 Å². The summed E-state index contributed by atoms with van der Waals surface area (Å²) in [5.41, 5.74) is 2.59. The number of hydrogen-bond donors (Lipinski definition) is 1. The summed E-state index contributed by atoms with van der Waals surface area (Å²) in [5.74, 6) is -0.272. The molecule has 6 nitrogen and oxygen atoms in total. The van der Waals surface area contributed by atoms with Gasteiger partial charge in [0.05, 0.1) is 25.0 Å². The van der Waals surface area contributed by atoms with Crippen molar-refractivity contribution in [3.63, 3.8) is 0 Å². The first-order valence-electron chi connectivity index (χ1n) is 8.37. The summed E-state index contributed by atoms with van der Waals surface area (Å²) in [7, 11) is 1.52. The van der Waals surface area contributed by atoms with E-state index < -0.39 is 5.97 Å². The van der Waals surface area contributed by atoms with Crippen LogP contribution in [-0.2, 0) is 11.3 Å². The number of carbonyl (C=O) groups is 2. The number of nitrogens with zero attached hydrogens (tertiary/aromatic N) is 1. The summed E-state index contributed by atoms with van der Waals surface area (Å²) in [6.45, 7) is 8.04. The van der Waals surface area contributed by atoms with Crippen LogP contribution >= 0.6 is 11.6 Å². The number of anilines is 1. The minimum atomic E-state index is -0.436. The second-order valence-electron chi connectivity index (χ2n) is 5.70. The molecule has 26 heavy (non-hydrogen) atoms. The summed E-state index contributed by atoms with van der Waals surface area (Å²) in [5, 5.41) is 3.30. The molecule has 0 atom stereocenters. The molecule has 0 radical (unpaired) electrons. The molecule has 1 heterocycles. The molecule has 0 spiro atoms. The number of esters is 1. The van der Waals surface area contributed by atoms with Crippen molar-refractivity contribution in [3.05, 3.63) is 45.7 Å². The fraction of sp³-hybridized carbons (Fsp3) is 0.368. The highest BCUT2D eigenvalue weighted by Gasteiger charge is 2.27. The van der Waals surface area contributed by atoms with E-state index in [0.717, 1.165) is 0 Å². The number of nitrogens with one attached hydrogen (secondary N) is 1. The molecule has 2 rings (SSSR count). The number of amides is 1. The Bertz CT molecular complexity index is 843. The van der Waals surface area contributed by atoms with Gasteiger partial charge in [-0.15, -0.1) is 0 Å². The van der Waals surface area contributed by atoms with E-state index in [1.165, 1.54) is 7.11 Å². The Morgan fingerprint density at radius 1 is 1.23 bits per heavy atom. The van der Waals surface area contributed by atoms with Crippen LogP contribution in [0.5, 0.6) is 5.75 Å². The Labute approximate surface area is 158 Å². The summed E-state index contributed by atoms with van der Waals surface area (Å²) in [4.78, 5) is 25.2. The average molecular weight is 379 g/mol. The maximum absolute atomic E-state index is 12.9. The Kier molecular flexibility index (Phi) is 6.32. The molecular formula is C19H23ClN2O4. The first-order valence-corrected chi connectivity index (χ1v) is 8.75. The molecule has 0 aliphatic rings. The Balaban J connectivity index is 2.47. The van der Waals surface area contributed by atoms with Crippen LogP contribution in [-0.4, -0.2) is 30.2 Å². The van der Waals surface area contributed by atoms with Gasteiger partial charge in [0, 0.05) is 17.3 Å². The molecule has 0 aliphatic carbocycles. The lowest BCUT2D eigenvalue weighted by Crippen LogP contribution is -2.15. The summed E-state index contributed by atoms with van der Waals surface area (Å²) >= 11 is 6.02. The van der Waals surface area contributed by atoms with E-state index in [9.17, 15) is 9.59 Å². The number of hydrogen-bond acceptors (Lipinski definition) is 4. The highest BCUT2D eigenvalue weighted by Crippen LogP contribution is 2.30. The predicted molar refractivity (Wildman–Crippen MR) is 101 cm³/mol. The molecule has 140 valence electrons. The van der Waals surface area contributed by atoms with Gasteiger partial charge in [0.15, 0.2) is 0 Å². The van der Waals surface area contributed by atoms with Crippen LogP contribution in [0.25, 0.3) is 0 Å². The lowest BCUT2D eigenvalue weighted by Gasteiger charge is -2.11. The van der Waals surface area contributed by atoms with Gasteiger partial charge < -0.3 is 19.4 Å². The van der Waals surface area contributed by atoms with Crippen LogP contribution < -0.4 is 10.1 Å². The van der Waals surface area contributed by atoms with Crippen LogP contribution in [0.3, 0.4) is 0 Å². The maximum atomic E-state index is 12.9. The van der Waals surface area contributed by atoms with Crippen molar-refractivity contribution in [2.24, 2.45) is 0 Å². The van der Waals surface area contributed by atoms with Crippen molar-refractivity contribution in [2.75, 3.05) is 19.0 Å². The van der Waals surface area contributed by atoms with E-state index >= 15 is 0 Å². The quantitative estimate of drug-likeness (QED) is 0.764. The predicted octanol–water partition coefficient (Wildman–Crippen LogP) is 4.22. The number of benzene rings is 1. The van der Waals surface area contributed by atoms with Gasteiger partial charge in [-0.05, 0) is 51.5 Å². The van der Waals surface area contributed by atoms with Crippen molar-refractivity contribution in [3.8, 4) is 5.75 Å². The van der Waals surface area contributed by atoms with Gasteiger partial charge >= 0.3 is 5.97 Å². The number of halogens is 1. The van der Waals surface area contributed by atoms with E-state index in [1.807, 2.05) is 13.8 Å². The van der Waals surface area contributed by atoms with Crippen LogP contribution in [0.2, 0.25) is 5.02 Å². The average Bonchev–Trinajstić information content (AvgIpc) is 2.85. The lowest BCUT2D eigenvalue weighted by molar-refractivity contribution is 0.0512. The third-order valence-electron chi connectivity index (χ3n) is 4.19. The molecule has 0 aliphatic heterocycles. The normalized spacial score (nSPS) is 10.5. The van der Waals surface area contributed by atoms with E-state index in [-0.39, 0.29) is 12.5 Å². The van der Waals surface area contributed by atoms with Crippen LogP contribution in [0.15, 0.2) is 18.2 Å². The minimum absolute atomic E-state index is 0.271. The van der Waals surface area contributed by atoms with Crippen molar-refractivity contribution < 1.29 is 19.1 Å². The molecule has 0 saturated carbocycles. The standard InChI is InChI=1S/C19H23ClN2O4/c1-6-22-12(4)16(11(3)17(22)19(24)26-7-2)18(23)21-14-10-13(20)8-9-15(14)25-5/h8-10H,6-7H2,1-5H3,(H,21,23). The number of ether oxygens (including phenoxy) is 2. The molecule has 1 aromatic heterocycles. The van der Waals surface area contributed by atoms with Crippen molar-refractivity contribution in [2.45, 2.75) is 34.2 Å². The van der Waals surface area contributed by atoms with Gasteiger partial charge in [0.2, 0.25) is 0 Å². The van der Waals surface area contributed by atoms with Gasteiger partial charge in [-0.1, -0.05) is 11.6 Å². The number of rotatable bonds is 6. The molecule has 1 aromatic carbocycles. The lowest BCUT2D eigenvalue weighted by atomic mass is 10.1. The van der Waals surface area contributed by atoms with E-state index in [2.05, 4.69) is 5.32 Å². The molecule has 7 heteroatoms. The van der Waals surface area contributed by atoms with Crippen LogP contribution in [0, 0.1) is 13.8 Å². The molecule has 0 fully saturated rings. The number of carbonyl (C=O) groups excluding carboxylic acids is 2. The third-order valence-corrected chi connectivity index (χ3v) is 4.42. The Hall–Kier alpha value is -2.47. The second kappa shape index (κ2) is 8.27. The Morgan fingerprint density at radius 3 is 2.50 bits per heavy atom. The zero-order valence-electron chi connectivity index (χ0n) is 15.6. The van der Waals surface area contributed by atoms with Gasteiger partial charge in [-0.3, -0.25) is 4.79 Å². The summed E-state index contributed by atoms with van der Waals surface area (Å²) < 4.78 is 12.2. The first-order chi connectivity index (χ1) is 12.3. The number of aromatic nitrogens is 1. The van der Waals surface area contributed by atoms with Gasteiger partial charge in [0.25, 0.3) is 5.91 Å². The molecule has 1 amide bonds. The SMILES string of the molecule is CCOC(=O)c1c(C)c(C(=O)Nc2cc(Cl)ccc2OC)c(C)n1CC. The Morgan fingerprint density at radius 2 is 1.92 bits per heavy atom. The second-order valence-corrected chi connectivity index (χ2v) is 6.13. The van der Waals surface area contributed by atoms with Crippen molar-refractivity contribution >= 4 is 29.2 Å². The monoisotopic (exact) mass is 378 g/mol. The van der Waals surface area contributed by atoms with Gasteiger partial charge in [-0.2, -0.15) is 0 Å². The molecular weight excluding hydrogens is 356 g/mol. The van der Waals surface area contributed by atoms with E-state index in [1.54, 1.807) is 36.6 Å². The highest BCUT2D eigenvalue weighted by molar-refractivity contribution is 6.31. The molecule has 1 N–H and O–H groups in total. The highest BCUT2D eigenvalue weighted by atomic mass is 35.5. The van der Waals surface area contributed by atoms with E-state index in [0.29, 0.717) is 45.5 Å². The van der Waals surface area contributed by atoms with Crippen LogP contribution in [0.1, 0.15) is 46.0 Å². The van der Waals surface area contributed by atoms with Gasteiger partial charge in [-0.25, -0.2) is 4.79 Å². The smallest absolute Gasteiger partial charge is 0.355 e. The molecule has 0 unspecified atom stereocenters. The largest absolute Gasteiger partial charge is 0.495 e. The molecule has 0 saturated heterocycles. The minimum Gasteiger partial charge on any atom is -0.495 e. The maximum Gasteiger partial charge on any atom is 0.355 e. The third kappa shape index (κ3) is 3.70. The van der Waals surface area contributed by atoms with E-state index in [4.69, 9.17) is 21.1 Å². The molecule has 0 bridgehead atoms. The van der Waals surface area contributed by atoms with Crippen molar-refractivity contribution in [1.82, 2.24) is 4.57 Å². The molecule has 2 aromatic rings. The zero-order chi connectivity index (χ0) is 19.4. The first kappa shape index (κ1) is 19.8. The fourth-order valence-corrected chi connectivity index (χ4v) is 3.22. The van der Waals surface area contributed by atoms with Crippen LogP contribution in [0.4, 0.5) is 5.69 Å². The number of methoxy groups -OCH3 is 1. The zero-order valence-corrected chi connectivity index (χ0v) is 16.4. The summed E-state index contributed by atoms with van der Waals surface area (Å²) in [6.07, 6.45) is 0.